The van der Waals surface area contributed by atoms with E-state index in [0.717, 1.165) is 28.2 Å². The second kappa shape index (κ2) is 4.70. The van der Waals surface area contributed by atoms with Crippen molar-refractivity contribution in [3.8, 4) is 0 Å². The number of imidazole rings is 1. The molecule has 0 fully saturated rings. The van der Waals surface area contributed by atoms with Gasteiger partial charge < -0.3 is 10.3 Å². The minimum Gasteiger partial charge on any atom is -0.379 e. The Morgan fingerprint density at radius 3 is 2.81 bits per heavy atom. The topological polar surface area (TPSA) is 40.7 Å². The molecule has 84 valence electrons. The van der Waals surface area contributed by atoms with E-state index >= 15 is 0 Å². The molecule has 1 aromatic carbocycles. The first-order valence-corrected chi connectivity index (χ1v) is 5.95. The summed E-state index contributed by atoms with van der Waals surface area (Å²) in [5, 5.41) is 3.38. The van der Waals surface area contributed by atoms with Crippen LogP contribution in [-0.4, -0.2) is 9.97 Å². The minimum atomic E-state index is 0.767. The van der Waals surface area contributed by atoms with Crippen molar-refractivity contribution in [2.45, 2.75) is 20.4 Å². The van der Waals surface area contributed by atoms with Crippen LogP contribution in [0.2, 0.25) is 0 Å². The van der Waals surface area contributed by atoms with Crippen molar-refractivity contribution >= 4 is 21.6 Å². The lowest BCUT2D eigenvalue weighted by atomic mass is 10.2. The summed E-state index contributed by atoms with van der Waals surface area (Å²) in [6, 6.07) is 6.21. The Morgan fingerprint density at radius 1 is 1.38 bits per heavy atom. The molecule has 0 aliphatic carbocycles. The van der Waals surface area contributed by atoms with Gasteiger partial charge in [0.05, 0.1) is 18.4 Å². The number of aryl methyl sites for hydroxylation is 2. The number of benzene rings is 1. The van der Waals surface area contributed by atoms with Crippen LogP contribution in [0.3, 0.4) is 0 Å². The van der Waals surface area contributed by atoms with E-state index in [0.29, 0.717) is 0 Å². The third kappa shape index (κ3) is 2.64. The van der Waals surface area contributed by atoms with Crippen LogP contribution in [-0.2, 0) is 6.54 Å². The maximum absolute atomic E-state index is 4.16. The van der Waals surface area contributed by atoms with Gasteiger partial charge in [0, 0.05) is 10.2 Å². The van der Waals surface area contributed by atoms with Gasteiger partial charge in [0.2, 0.25) is 0 Å². The first-order valence-electron chi connectivity index (χ1n) is 5.15. The average Bonchev–Trinajstić information content (AvgIpc) is 2.63. The second-order valence-corrected chi connectivity index (χ2v) is 4.72. The summed E-state index contributed by atoms with van der Waals surface area (Å²) < 4.78 is 1.10. The number of hydrogen-bond donors (Lipinski definition) is 2. The van der Waals surface area contributed by atoms with Gasteiger partial charge >= 0.3 is 0 Å². The van der Waals surface area contributed by atoms with Gasteiger partial charge in [0.25, 0.3) is 0 Å². The summed E-state index contributed by atoms with van der Waals surface area (Å²) in [4.78, 5) is 7.36. The number of aromatic amines is 1. The zero-order valence-electron chi connectivity index (χ0n) is 9.34. The molecule has 0 atom stereocenters. The molecule has 0 spiro atoms. The van der Waals surface area contributed by atoms with Gasteiger partial charge in [-0.1, -0.05) is 15.9 Å². The smallest absolute Gasteiger partial charge is 0.103 e. The third-order valence-electron chi connectivity index (χ3n) is 2.41. The maximum Gasteiger partial charge on any atom is 0.103 e. The molecule has 0 amide bonds. The highest BCUT2D eigenvalue weighted by molar-refractivity contribution is 9.10. The summed E-state index contributed by atoms with van der Waals surface area (Å²) >= 11 is 3.45. The number of halogens is 1. The summed E-state index contributed by atoms with van der Waals surface area (Å²) in [5.74, 6) is 0.948. The van der Waals surface area contributed by atoms with E-state index in [1.54, 1.807) is 0 Å². The zero-order valence-corrected chi connectivity index (χ0v) is 10.9. The van der Waals surface area contributed by atoms with Gasteiger partial charge in [0.15, 0.2) is 0 Å². The molecule has 0 aliphatic heterocycles. The Hall–Kier alpha value is -1.29. The fraction of sp³-hybridized carbons (Fsp3) is 0.250. The van der Waals surface area contributed by atoms with E-state index in [4.69, 9.17) is 0 Å². The fourth-order valence-corrected chi connectivity index (χ4v) is 2.05. The molecule has 1 heterocycles. The van der Waals surface area contributed by atoms with Gasteiger partial charge in [-0.2, -0.15) is 0 Å². The first kappa shape index (κ1) is 11.2. The van der Waals surface area contributed by atoms with Crippen LogP contribution in [0.1, 0.15) is 17.1 Å². The Bertz CT molecular complexity index is 491. The summed E-state index contributed by atoms with van der Waals surface area (Å²) in [6.45, 7) is 4.81. The highest BCUT2D eigenvalue weighted by atomic mass is 79.9. The standard InChI is InChI=1S/C12H14BrN3/c1-8-5-10(13)3-4-12(8)15-7-11-6-14-9(2)16-11/h3-6,15H,7H2,1-2H3,(H,14,16). The number of rotatable bonds is 3. The molecule has 2 aromatic rings. The Kier molecular flexibility index (Phi) is 3.29. The molecule has 2 rings (SSSR count). The van der Waals surface area contributed by atoms with Crippen molar-refractivity contribution in [3.05, 3.63) is 46.0 Å². The van der Waals surface area contributed by atoms with Crippen molar-refractivity contribution in [2.24, 2.45) is 0 Å². The molecular weight excluding hydrogens is 266 g/mol. The van der Waals surface area contributed by atoms with Crippen molar-refractivity contribution in [2.75, 3.05) is 5.32 Å². The largest absolute Gasteiger partial charge is 0.379 e. The van der Waals surface area contributed by atoms with E-state index in [-0.39, 0.29) is 0 Å². The number of nitrogens with one attached hydrogen (secondary N) is 2. The van der Waals surface area contributed by atoms with Crippen molar-refractivity contribution in [1.82, 2.24) is 9.97 Å². The van der Waals surface area contributed by atoms with E-state index in [2.05, 4.69) is 50.3 Å². The molecule has 0 bridgehead atoms. The van der Waals surface area contributed by atoms with Crippen LogP contribution in [0, 0.1) is 13.8 Å². The van der Waals surface area contributed by atoms with E-state index in [1.807, 2.05) is 19.2 Å². The molecule has 3 nitrogen and oxygen atoms in total. The number of aromatic nitrogens is 2. The first-order chi connectivity index (χ1) is 7.65. The summed E-state index contributed by atoms with van der Waals surface area (Å²) in [7, 11) is 0. The predicted octanol–water partition coefficient (Wildman–Crippen LogP) is 3.40. The van der Waals surface area contributed by atoms with Crippen LogP contribution in [0.25, 0.3) is 0 Å². The molecule has 4 heteroatoms. The van der Waals surface area contributed by atoms with E-state index in [9.17, 15) is 0 Å². The lowest BCUT2D eigenvalue weighted by Gasteiger charge is -2.08. The van der Waals surface area contributed by atoms with Gasteiger partial charge in [-0.15, -0.1) is 0 Å². The SMILES string of the molecule is Cc1ncc(CNc2ccc(Br)cc2C)[nH]1. The lowest BCUT2D eigenvalue weighted by molar-refractivity contribution is 1.04. The molecule has 0 saturated heterocycles. The van der Waals surface area contributed by atoms with Crippen LogP contribution in [0.15, 0.2) is 28.9 Å². The maximum atomic E-state index is 4.16. The molecule has 2 N–H and O–H groups in total. The van der Waals surface area contributed by atoms with E-state index in [1.165, 1.54) is 5.56 Å². The Morgan fingerprint density at radius 2 is 2.19 bits per heavy atom. The highest BCUT2D eigenvalue weighted by Crippen LogP contribution is 2.20. The Balaban J connectivity index is 2.04. The fourth-order valence-electron chi connectivity index (χ4n) is 1.58. The molecule has 0 unspecified atom stereocenters. The van der Waals surface area contributed by atoms with Crippen molar-refractivity contribution in [1.29, 1.82) is 0 Å². The van der Waals surface area contributed by atoms with Crippen molar-refractivity contribution < 1.29 is 0 Å². The second-order valence-electron chi connectivity index (χ2n) is 3.81. The number of nitrogens with zero attached hydrogens (tertiary/aromatic N) is 1. The van der Waals surface area contributed by atoms with Crippen LogP contribution < -0.4 is 5.32 Å². The lowest BCUT2D eigenvalue weighted by Crippen LogP contribution is -2.01. The van der Waals surface area contributed by atoms with Gasteiger partial charge in [-0.3, -0.25) is 0 Å². The Labute approximate surface area is 103 Å². The number of anilines is 1. The highest BCUT2D eigenvalue weighted by Gasteiger charge is 2.00. The summed E-state index contributed by atoms with van der Waals surface area (Å²) in [5.41, 5.74) is 3.47. The van der Waals surface area contributed by atoms with Gasteiger partial charge in [-0.05, 0) is 37.6 Å². The van der Waals surface area contributed by atoms with Crippen LogP contribution >= 0.6 is 15.9 Å². The zero-order chi connectivity index (χ0) is 11.5. The summed E-state index contributed by atoms with van der Waals surface area (Å²) in [6.07, 6.45) is 1.86. The molecule has 0 radical (unpaired) electrons. The molecular formula is C12H14BrN3. The van der Waals surface area contributed by atoms with Crippen LogP contribution in [0.4, 0.5) is 5.69 Å². The normalized spacial score (nSPS) is 10.4. The number of H-pyrrole nitrogens is 1. The average molecular weight is 280 g/mol. The minimum absolute atomic E-state index is 0.767. The van der Waals surface area contributed by atoms with E-state index < -0.39 is 0 Å². The number of hydrogen-bond acceptors (Lipinski definition) is 2. The molecule has 16 heavy (non-hydrogen) atoms. The molecule has 0 aliphatic rings. The molecule has 1 aromatic heterocycles. The van der Waals surface area contributed by atoms with Gasteiger partial charge in [0.1, 0.15) is 5.82 Å². The predicted molar refractivity (Wildman–Crippen MR) is 69.5 cm³/mol. The molecule has 0 saturated carbocycles. The van der Waals surface area contributed by atoms with Crippen molar-refractivity contribution in [3.63, 3.8) is 0 Å². The monoisotopic (exact) mass is 279 g/mol. The third-order valence-corrected chi connectivity index (χ3v) is 2.91. The van der Waals surface area contributed by atoms with Crippen LogP contribution in [0.5, 0.6) is 0 Å². The quantitative estimate of drug-likeness (QED) is 0.904. The van der Waals surface area contributed by atoms with Gasteiger partial charge in [-0.25, -0.2) is 4.98 Å².